The number of amides is 1. The molecule has 2 aromatic rings. The van der Waals surface area contributed by atoms with Crippen molar-refractivity contribution in [3.8, 4) is 5.75 Å². The van der Waals surface area contributed by atoms with Gasteiger partial charge in [0, 0.05) is 10.2 Å². The van der Waals surface area contributed by atoms with Crippen molar-refractivity contribution >= 4 is 44.8 Å². The Bertz CT molecular complexity index is 682. The Labute approximate surface area is 134 Å². The van der Waals surface area contributed by atoms with Gasteiger partial charge < -0.3 is 15.8 Å². The summed E-state index contributed by atoms with van der Waals surface area (Å²) in [6.45, 7) is -0.248. The number of rotatable bonds is 4. The number of halogens is 3. The zero-order valence-corrected chi connectivity index (χ0v) is 13.0. The highest BCUT2D eigenvalue weighted by Crippen LogP contribution is 2.26. The van der Waals surface area contributed by atoms with Gasteiger partial charge in [-0.25, -0.2) is 4.39 Å². The molecule has 2 aromatic carbocycles. The van der Waals surface area contributed by atoms with Gasteiger partial charge in [0.25, 0.3) is 5.91 Å². The monoisotopic (exact) mass is 372 g/mol. The van der Waals surface area contributed by atoms with E-state index in [0.717, 1.165) is 6.07 Å². The van der Waals surface area contributed by atoms with Gasteiger partial charge in [0.05, 0.1) is 10.7 Å². The predicted octanol–water partition coefficient (Wildman–Crippen LogP) is 3.84. The van der Waals surface area contributed by atoms with E-state index in [1.165, 1.54) is 12.1 Å². The smallest absolute Gasteiger partial charge is 0.262 e. The molecule has 0 saturated carbocycles. The average molecular weight is 374 g/mol. The third-order valence-corrected chi connectivity index (χ3v) is 3.47. The zero-order chi connectivity index (χ0) is 15.4. The molecule has 1 amide bonds. The van der Waals surface area contributed by atoms with Crippen LogP contribution in [-0.2, 0) is 4.79 Å². The van der Waals surface area contributed by atoms with E-state index < -0.39 is 5.82 Å². The minimum Gasteiger partial charge on any atom is -0.482 e. The fourth-order valence-corrected chi connectivity index (χ4v) is 2.27. The van der Waals surface area contributed by atoms with Crippen molar-refractivity contribution < 1.29 is 13.9 Å². The summed E-state index contributed by atoms with van der Waals surface area (Å²) in [4.78, 5) is 11.8. The van der Waals surface area contributed by atoms with Crippen LogP contribution in [0.25, 0.3) is 0 Å². The van der Waals surface area contributed by atoms with Gasteiger partial charge in [0.15, 0.2) is 6.61 Å². The minimum atomic E-state index is -0.470. The average Bonchev–Trinajstić information content (AvgIpc) is 2.41. The van der Waals surface area contributed by atoms with Crippen LogP contribution in [0.4, 0.5) is 15.8 Å². The molecule has 0 fully saturated rings. The molecule has 0 spiro atoms. The summed E-state index contributed by atoms with van der Waals surface area (Å²) in [5.74, 6) is -0.604. The van der Waals surface area contributed by atoms with Gasteiger partial charge in [-0.1, -0.05) is 11.6 Å². The van der Waals surface area contributed by atoms with Crippen LogP contribution in [0.1, 0.15) is 0 Å². The van der Waals surface area contributed by atoms with Crippen molar-refractivity contribution in [2.75, 3.05) is 17.7 Å². The summed E-state index contributed by atoms with van der Waals surface area (Å²) >= 11 is 9.09. The Morgan fingerprint density at radius 2 is 2.10 bits per heavy atom. The largest absolute Gasteiger partial charge is 0.482 e. The second kappa shape index (κ2) is 6.78. The number of benzene rings is 2. The topological polar surface area (TPSA) is 64.3 Å². The maximum Gasteiger partial charge on any atom is 0.262 e. The summed E-state index contributed by atoms with van der Waals surface area (Å²) in [5.41, 5.74) is 6.76. The second-order valence-electron chi connectivity index (χ2n) is 4.15. The third-order valence-electron chi connectivity index (χ3n) is 2.52. The molecule has 0 unspecified atom stereocenters. The van der Waals surface area contributed by atoms with E-state index >= 15 is 0 Å². The summed E-state index contributed by atoms with van der Waals surface area (Å²) in [5, 5.41) is 2.76. The van der Waals surface area contributed by atoms with Crippen LogP contribution >= 0.6 is 27.5 Å². The van der Waals surface area contributed by atoms with Crippen LogP contribution in [0, 0.1) is 5.82 Å². The van der Waals surface area contributed by atoms with Crippen molar-refractivity contribution in [3.63, 3.8) is 0 Å². The van der Waals surface area contributed by atoms with Crippen LogP contribution < -0.4 is 15.8 Å². The molecule has 0 bridgehead atoms. The van der Waals surface area contributed by atoms with Crippen molar-refractivity contribution in [1.29, 1.82) is 0 Å². The summed E-state index contributed by atoms with van der Waals surface area (Å²) < 4.78 is 18.8. The van der Waals surface area contributed by atoms with E-state index in [0.29, 0.717) is 15.8 Å². The number of hydrogen-bond donors (Lipinski definition) is 2. The Balaban J connectivity index is 1.96. The van der Waals surface area contributed by atoms with Crippen LogP contribution in [0.15, 0.2) is 40.9 Å². The number of carbonyl (C=O) groups excluding carboxylic acids is 1. The van der Waals surface area contributed by atoms with E-state index in [9.17, 15) is 9.18 Å². The summed E-state index contributed by atoms with van der Waals surface area (Å²) in [6, 6.07) is 8.69. The first-order valence-corrected chi connectivity index (χ1v) is 7.05. The molecule has 7 heteroatoms. The summed E-state index contributed by atoms with van der Waals surface area (Å²) in [7, 11) is 0. The maximum absolute atomic E-state index is 12.9. The first kappa shape index (κ1) is 15.6. The normalized spacial score (nSPS) is 10.2. The SMILES string of the molecule is Nc1ccc(NC(=O)COc2ccc(F)cc2Cl)c(Br)c1. The lowest BCUT2D eigenvalue weighted by molar-refractivity contribution is -0.118. The minimum absolute atomic E-state index is 0.108. The lowest BCUT2D eigenvalue weighted by atomic mass is 10.3. The Hall–Kier alpha value is -1.79. The van der Waals surface area contributed by atoms with E-state index in [1.807, 2.05) is 0 Å². The van der Waals surface area contributed by atoms with Gasteiger partial charge in [-0.05, 0) is 52.3 Å². The Kier molecular flexibility index (Phi) is 5.03. The first-order chi connectivity index (χ1) is 9.95. The highest BCUT2D eigenvalue weighted by atomic mass is 79.9. The molecule has 0 radical (unpaired) electrons. The number of hydrogen-bond acceptors (Lipinski definition) is 3. The molecule has 21 heavy (non-hydrogen) atoms. The molecule has 110 valence electrons. The molecule has 3 N–H and O–H groups in total. The number of carbonyl (C=O) groups is 1. The molecule has 0 aliphatic carbocycles. The maximum atomic E-state index is 12.9. The van der Waals surface area contributed by atoms with E-state index in [1.54, 1.807) is 18.2 Å². The number of nitrogens with two attached hydrogens (primary N) is 1. The zero-order valence-electron chi connectivity index (χ0n) is 10.7. The van der Waals surface area contributed by atoms with Gasteiger partial charge in [0.2, 0.25) is 0 Å². The highest BCUT2D eigenvalue weighted by molar-refractivity contribution is 9.10. The number of nitrogen functional groups attached to an aromatic ring is 1. The molecular formula is C14H11BrClFN2O2. The Morgan fingerprint density at radius 1 is 1.33 bits per heavy atom. The second-order valence-corrected chi connectivity index (χ2v) is 5.41. The molecule has 0 aliphatic rings. The molecule has 0 aliphatic heterocycles. The molecule has 0 heterocycles. The van der Waals surface area contributed by atoms with Crippen LogP contribution in [0.3, 0.4) is 0 Å². The van der Waals surface area contributed by atoms with E-state index in [2.05, 4.69) is 21.2 Å². The first-order valence-electron chi connectivity index (χ1n) is 5.88. The number of ether oxygens (including phenoxy) is 1. The van der Waals surface area contributed by atoms with Gasteiger partial charge in [-0.3, -0.25) is 4.79 Å². The fraction of sp³-hybridized carbons (Fsp3) is 0.0714. The molecule has 4 nitrogen and oxygen atoms in total. The van der Waals surface area contributed by atoms with Crippen LogP contribution in [0.2, 0.25) is 5.02 Å². The van der Waals surface area contributed by atoms with Crippen molar-refractivity contribution in [1.82, 2.24) is 0 Å². The highest BCUT2D eigenvalue weighted by Gasteiger charge is 2.09. The quantitative estimate of drug-likeness (QED) is 0.800. The van der Waals surface area contributed by atoms with Gasteiger partial charge in [-0.2, -0.15) is 0 Å². The fourth-order valence-electron chi connectivity index (χ4n) is 1.55. The van der Waals surface area contributed by atoms with Gasteiger partial charge >= 0.3 is 0 Å². The third kappa shape index (κ3) is 4.34. The van der Waals surface area contributed by atoms with Crippen molar-refractivity contribution in [2.45, 2.75) is 0 Å². The summed E-state index contributed by atoms with van der Waals surface area (Å²) in [6.07, 6.45) is 0. The molecule has 0 aromatic heterocycles. The lowest BCUT2D eigenvalue weighted by Gasteiger charge is -2.10. The van der Waals surface area contributed by atoms with Gasteiger partial charge in [-0.15, -0.1) is 0 Å². The predicted molar refractivity (Wildman–Crippen MR) is 84.1 cm³/mol. The van der Waals surface area contributed by atoms with Crippen LogP contribution in [0.5, 0.6) is 5.75 Å². The molecular weight excluding hydrogens is 363 g/mol. The number of anilines is 2. The van der Waals surface area contributed by atoms with E-state index in [-0.39, 0.29) is 23.3 Å². The molecule has 0 atom stereocenters. The van der Waals surface area contributed by atoms with E-state index in [4.69, 9.17) is 22.1 Å². The van der Waals surface area contributed by atoms with Crippen molar-refractivity contribution in [2.24, 2.45) is 0 Å². The van der Waals surface area contributed by atoms with Crippen molar-refractivity contribution in [3.05, 3.63) is 51.7 Å². The standard InChI is InChI=1S/C14H11BrClFN2O2/c15-10-6-9(18)2-3-12(10)19-14(20)7-21-13-4-1-8(17)5-11(13)16/h1-6H,7,18H2,(H,19,20). The lowest BCUT2D eigenvalue weighted by Crippen LogP contribution is -2.20. The number of nitrogens with one attached hydrogen (secondary N) is 1. The van der Waals surface area contributed by atoms with Gasteiger partial charge in [0.1, 0.15) is 11.6 Å². The molecule has 0 saturated heterocycles. The molecule has 2 rings (SSSR count). The van der Waals surface area contributed by atoms with Crippen LogP contribution in [-0.4, -0.2) is 12.5 Å². The Morgan fingerprint density at radius 3 is 2.76 bits per heavy atom.